The van der Waals surface area contributed by atoms with E-state index in [9.17, 15) is 25.5 Å². The second-order valence-corrected chi connectivity index (χ2v) is 12.8. The molecule has 0 fully saturated rings. The number of benzene rings is 3. The van der Waals surface area contributed by atoms with Gasteiger partial charge < -0.3 is 26.4 Å². The molecule has 0 spiro atoms. The van der Waals surface area contributed by atoms with Gasteiger partial charge in [0.25, 0.3) is 16.0 Å². The zero-order valence-corrected chi connectivity index (χ0v) is 25.8. The van der Waals surface area contributed by atoms with Gasteiger partial charge in [0, 0.05) is 17.8 Å². The van der Waals surface area contributed by atoms with E-state index >= 15 is 0 Å². The number of rotatable bonds is 9. The second kappa shape index (κ2) is 13.8. The van der Waals surface area contributed by atoms with Crippen LogP contribution in [0.1, 0.15) is 36.2 Å². The maximum Gasteiger partial charge on any atom is 0.332 e. The molecular formula is C28H33FN6O7S2. The summed E-state index contributed by atoms with van der Waals surface area (Å²) in [5, 5.41) is 2.62. The SMILES string of the molecule is CC1(C)N=C(N)N=C(N)N1CCCOc1ccc(NC(=O)c2cccc(S(=O)(=O)F)c2)cc1.Cc1ccc(S(=O)(=O)O)cc1. The van der Waals surface area contributed by atoms with Gasteiger partial charge in [-0.05, 0) is 81.8 Å². The van der Waals surface area contributed by atoms with Crippen molar-refractivity contribution in [1.82, 2.24) is 4.90 Å². The van der Waals surface area contributed by atoms with Crippen molar-refractivity contribution in [3.05, 3.63) is 83.9 Å². The molecule has 1 heterocycles. The number of nitrogens with zero attached hydrogens (tertiary/aromatic N) is 3. The highest BCUT2D eigenvalue weighted by molar-refractivity contribution is 7.86. The molecule has 44 heavy (non-hydrogen) atoms. The van der Waals surface area contributed by atoms with Crippen molar-refractivity contribution >= 4 is 43.9 Å². The minimum absolute atomic E-state index is 0.0172. The van der Waals surface area contributed by atoms with Crippen LogP contribution in [0, 0.1) is 6.92 Å². The molecule has 0 unspecified atom stereocenters. The van der Waals surface area contributed by atoms with Gasteiger partial charge in [0.1, 0.15) is 11.4 Å². The number of nitrogens with two attached hydrogens (primary N) is 2. The van der Waals surface area contributed by atoms with Crippen LogP contribution in [0.4, 0.5) is 9.57 Å². The lowest BCUT2D eigenvalue weighted by Gasteiger charge is -2.38. The number of amides is 1. The third kappa shape index (κ3) is 9.75. The van der Waals surface area contributed by atoms with Crippen molar-refractivity contribution in [2.75, 3.05) is 18.5 Å². The lowest BCUT2D eigenvalue weighted by Crippen LogP contribution is -2.54. The van der Waals surface area contributed by atoms with Gasteiger partial charge in [-0.1, -0.05) is 23.8 Å². The first-order chi connectivity index (χ1) is 20.5. The lowest BCUT2D eigenvalue weighted by atomic mass is 10.2. The van der Waals surface area contributed by atoms with Crippen LogP contribution in [0.25, 0.3) is 0 Å². The van der Waals surface area contributed by atoms with Crippen molar-refractivity contribution in [3.63, 3.8) is 0 Å². The minimum Gasteiger partial charge on any atom is -0.494 e. The third-order valence-electron chi connectivity index (χ3n) is 6.16. The molecule has 236 valence electrons. The van der Waals surface area contributed by atoms with Crippen molar-refractivity contribution < 1.29 is 34.8 Å². The Hall–Kier alpha value is -4.54. The predicted molar refractivity (Wildman–Crippen MR) is 164 cm³/mol. The fourth-order valence-electron chi connectivity index (χ4n) is 3.96. The Labute approximate surface area is 255 Å². The van der Waals surface area contributed by atoms with E-state index < -0.39 is 36.8 Å². The Morgan fingerprint density at radius 1 is 1.00 bits per heavy atom. The van der Waals surface area contributed by atoms with E-state index in [1.165, 1.54) is 24.3 Å². The van der Waals surface area contributed by atoms with Crippen molar-refractivity contribution in [2.24, 2.45) is 21.5 Å². The Kier molecular flexibility index (Phi) is 10.7. The van der Waals surface area contributed by atoms with Gasteiger partial charge in [-0.25, -0.2) is 4.99 Å². The first-order valence-electron chi connectivity index (χ1n) is 13.1. The number of nitrogens with one attached hydrogen (secondary N) is 1. The average Bonchev–Trinajstić information content (AvgIpc) is 2.92. The summed E-state index contributed by atoms with van der Waals surface area (Å²) in [4.78, 5) is 21.8. The number of guanidine groups is 2. The highest BCUT2D eigenvalue weighted by Crippen LogP contribution is 2.21. The second-order valence-electron chi connectivity index (χ2n) is 10.0. The van der Waals surface area contributed by atoms with Gasteiger partial charge in [0.05, 0.1) is 16.4 Å². The van der Waals surface area contributed by atoms with Gasteiger partial charge in [-0.3, -0.25) is 9.35 Å². The summed E-state index contributed by atoms with van der Waals surface area (Å²) in [5.41, 5.74) is 12.5. The van der Waals surface area contributed by atoms with Gasteiger partial charge in [-0.15, -0.1) is 3.89 Å². The fraction of sp³-hybridized carbons (Fsp3) is 0.250. The smallest absolute Gasteiger partial charge is 0.332 e. The van der Waals surface area contributed by atoms with E-state index in [1.54, 1.807) is 36.4 Å². The van der Waals surface area contributed by atoms with Gasteiger partial charge in [0.2, 0.25) is 11.9 Å². The number of aliphatic imine (C=N–C) groups is 2. The molecule has 0 atom stereocenters. The molecular weight excluding hydrogens is 615 g/mol. The van der Waals surface area contributed by atoms with Crippen molar-refractivity contribution in [3.8, 4) is 5.75 Å². The van der Waals surface area contributed by atoms with Crippen LogP contribution in [-0.4, -0.2) is 62.9 Å². The molecule has 0 saturated carbocycles. The molecule has 3 aromatic carbocycles. The highest BCUT2D eigenvalue weighted by atomic mass is 32.3. The van der Waals surface area contributed by atoms with Crippen LogP contribution in [-0.2, 0) is 20.3 Å². The van der Waals surface area contributed by atoms with Crippen molar-refractivity contribution in [2.45, 2.75) is 42.6 Å². The summed E-state index contributed by atoms with van der Waals surface area (Å²) in [6.45, 7) is 6.61. The Balaban J connectivity index is 0.000000404. The van der Waals surface area contributed by atoms with E-state index in [-0.39, 0.29) is 16.4 Å². The zero-order valence-electron chi connectivity index (χ0n) is 24.1. The van der Waals surface area contributed by atoms with Crippen LogP contribution in [0.15, 0.2) is 92.6 Å². The van der Waals surface area contributed by atoms with E-state index in [0.717, 1.165) is 17.7 Å². The molecule has 4 rings (SSSR count). The zero-order chi connectivity index (χ0) is 32.7. The largest absolute Gasteiger partial charge is 0.494 e. The first kappa shape index (κ1) is 34.0. The molecule has 0 radical (unpaired) electrons. The number of hydrogen-bond acceptors (Lipinski definition) is 11. The minimum atomic E-state index is -4.89. The molecule has 6 N–H and O–H groups in total. The van der Waals surface area contributed by atoms with Crippen LogP contribution in [0.5, 0.6) is 5.75 Å². The molecule has 1 aliphatic rings. The molecule has 1 aliphatic heterocycles. The summed E-state index contributed by atoms with van der Waals surface area (Å²) in [7, 11) is -8.91. The molecule has 0 bridgehead atoms. The molecule has 16 heteroatoms. The van der Waals surface area contributed by atoms with E-state index in [0.29, 0.717) is 37.0 Å². The number of ether oxygens (including phenoxy) is 1. The molecule has 3 aromatic rings. The molecule has 1 amide bonds. The Bertz CT molecular complexity index is 1760. The molecule has 13 nitrogen and oxygen atoms in total. The summed E-state index contributed by atoms with van der Waals surface area (Å²) in [5.74, 6) is 0.487. The maximum atomic E-state index is 13.1. The first-order valence-corrected chi connectivity index (χ1v) is 15.9. The van der Waals surface area contributed by atoms with Crippen LogP contribution < -0.4 is 21.5 Å². The monoisotopic (exact) mass is 648 g/mol. The number of hydrogen-bond donors (Lipinski definition) is 4. The molecule has 0 aliphatic carbocycles. The Morgan fingerprint density at radius 2 is 1.64 bits per heavy atom. The quantitative estimate of drug-likeness (QED) is 0.151. The number of halogens is 1. The lowest BCUT2D eigenvalue weighted by molar-refractivity contribution is 0.102. The average molecular weight is 649 g/mol. The van der Waals surface area contributed by atoms with E-state index in [4.69, 9.17) is 20.8 Å². The highest BCUT2D eigenvalue weighted by Gasteiger charge is 2.31. The Morgan fingerprint density at radius 3 is 2.20 bits per heavy atom. The number of aryl methyl sites for hydroxylation is 1. The van der Waals surface area contributed by atoms with E-state index in [2.05, 4.69) is 15.3 Å². The summed E-state index contributed by atoms with van der Waals surface area (Å²) >= 11 is 0. The van der Waals surface area contributed by atoms with Gasteiger partial charge in [0.15, 0.2) is 0 Å². The predicted octanol–water partition coefficient (Wildman–Crippen LogP) is 3.29. The fourth-order valence-corrected chi connectivity index (χ4v) is 4.95. The van der Waals surface area contributed by atoms with Gasteiger partial charge >= 0.3 is 10.2 Å². The summed E-state index contributed by atoms with van der Waals surface area (Å²) in [6, 6.07) is 17.4. The summed E-state index contributed by atoms with van der Waals surface area (Å²) < 4.78 is 70.5. The number of carbonyl (C=O) groups is 1. The molecule has 0 saturated heterocycles. The van der Waals surface area contributed by atoms with Gasteiger partial charge in [-0.2, -0.15) is 21.8 Å². The normalized spacial score (nSPS) is 14.4. The standard InChI is InChI=1S/C21H25FN6O4S.C7H8O3S/c1-21(2)27-19(23)26-20(24)28(21)11-4-12-32-16-9-7-15(8-10-16)25-18(29)14-5-3-6-17(13-14)33(22,30)31;1-6-2-4-7(5-3-6)11(8,9)10/h3,5-10,13H,4,11-12H2,1-2H3,(H,25,29)(H4,23,24,26,27);2-5H,1H3,(H,8,9,10). The third-order valence-corrected chi connectivity index (χ3v) is 7.84. The van der Waals surface area contributed by atoms with Crippen LogP contribution in [0.3, 0.4) is 0 Å². The van der Waals surface area contributed by atoms with E-state index in [1.807, 2.05) is 25.7 Å². The number of carbonyl (C=O) groups excluding carboxylic acids is 1. The van der Waals surface area contributed by atoms with Crippen molar-refractivity contribution in [1.29, 1.82) is 0 Å². The van der Waals surface area contributed by atoms with Crippen LogP contribution in [0.2, 0.25) is 0 Å². The molecule has 0 aromatic heterocycles. The number of anilines is 1. The summed E-state index contributed by atoms with van der Waals surface area (Å²) in [6.07, 6.45) is 0.654. The van der Waals surface area contributed by atoms with Crippen LogP contribution >= 0.6 is 0 Å². The topological polar surface area (TPSA) is 207 Å². The maximum absolute atomic E-state index is 13.1.